The number of ether oxygens (including phenoxy) is 2. The van der Waals surface area contributed by atoms with Gasteiger partial charge in [0.15, 0.2) is 5.65 Å². The number of fused-ring (bicyclic) bond motifs is 3. The molecule has 6 rings (SSSR count). The Morgan fingerprint density at radius 1 is 0.936 bits per heavy atom. The number of aryl methyl sites for hydroxylation is 1. The Labute approximate surface area is 279 Å². The Hall–Kier alpha value is -4.64. The molecule has 10 nitrogen and oxygen atoms in total. The van der Waals surface area contributed by atoms with Crippen molar-refractivity contribution in [2.45, 2.75) is 50.9 Å². The number of carbonyl (C=O) groups is 2. The van der Waals surface area contributed by atoms with E-state index in [9.17, 15) is 9.59 Å². The molecule has 0 spiro atoms. The smallest absolute Gasteiger partial charge is 0.261 e. The van der Waals surface area contributed by atoms with E-state index < -0.39 is 0 Å². The molecule has 0 saturated carbocycles. The van der Waals surface area contributed by atoms with Crippen molar-refractivity contribution in [3.8, 4) is 11.5 Å². The van der Waals surface area contributed by atoms with Gasteiger partial charge in [-0.25, -0.2) is 4.98 Å². The molecule has 1 unspecified atom stereocenters. The van der Waals surface area contributed by atoms with E-state index in [2.05, 4.69) is 64.2 Å². The SMILES string of the molecule is COc1cccc(OC)c1C(=O)N1CCN(C(=O)CCCCSc2nnc3c4cc(C)ccc4n(Cc4ccccc4)c3n2)CC1C. The summed E-state index contributed by atoms with van der Waals surface area (Å²) in [5.41, 5.74) is 5.52. The molecule has 3 heterocycles. The van der Waals surface area contributed by atoms with Crippen LogP contribution in [0.4, 0.5) is 0 Å². The van der Waals surface area contributed by atoms with Crippen LogP contribution in [-0.2, 0) is 11.3 Å². The number of hydrogen-bond donors (Lipinski definition) is 0. The summed E-state index contributed by atoms with van der Waals surface area (Å²) in [6.45, 7) is 6.20. The third-order valence-corrected chi connectivity index (χ3v) is 9.61. The molecule has 244 valence electrons. The predicted octanol–water partition coefficient (Wildman–Crippen LogP) is 5.99. The quantitative estimate of drug-likeness (QED) is 0.127. The zero-order valence-corrected chi connectivity index (χ0v) is 28.1. The number of rotatable bonds is 11. The van der Waals surface area contributed by atoms with Gasteiger partial charge in [-0.15, -0.1) is 10.2 Å². The molecule has 1 fully saturated rings. The zero-order chi connectivity index (χ0) is 32.9. The summed E-state index contributed by atoms with van der Waals surface area (Å²) in [7, 11) is 3.08. The van der Waals surface area contributed by atoms with Crippen molar-refractivity contribution in [1.82, 2.24) is 29.5 Å². The maximum Gasteiger partial charge on any atom is 0.261 e. The van der Waals surface area contributed by atoms with E-state index in [1.54, 1.807) is 49.1 Å². The summed E-state index contributed by atoms with van der Waals surface area (Å²) in [5, 5.41) is 10.8. The maximum absolute atomic E-state index is 13.5. The molecule has 2 aromatic heterocycles. The van der Waals surface area contributed by atoms with E-state index in [4.69, 9.17) is 14.5 Å². The van der Waals surface area contributed by atoms with Gasteiger partial charge in [-0.2, -0.15) is 0 Å². The number of methoxy groups -OCH3 is 2. The number of amides is 2. The van der Waals surface area contributed by atoms with Crippen molar-refractivity contribution >= 4 is 45.6 Å². The maximum atomic E-state index is 13.5. The first-order valence-electron chi connectivity index (χ1n) is 16.0. The Morgan fingerprint density at radius 3 is 2.43 bits per heavy atom. The van der Waals surface area contributed by atoms with Gasteiger partial charge in [-0.05, 0) is 56.5 Å². The highest BCUT2D eigenvalue weighted by Crippen LogP contribution is 2.32. The lowest BCUT2D eigenvalue weighted by molar-refractivity contribution is -0.133. The molecule has 0 bridgehead atoms. The van der Waals surface area contributed by atoms with Crippen molar-refractivity contribution in [2.75, 3.05) is 39.6 Å². The molecule has 0 aliphatic carbocycles. The Balaban J connectivity index is 1.03. The van der Waals surface area contributed by atoms with Crippen LogP contribution in [0.25, 0.3) is 22.1 Å². The molecule has 3 aromatic carbocycles. The number of unbranched alkanes of at least 4 members (excludes halogenated alkanes) is 1. The fraction of sp³-hybridized carbons (Fsp3) is 0.361. The van der Waals surface area contributed by atoms with Gasteiger partial charge in [0.05, 0.1) is 19.7 Å². The summed E-state index contributed by atoms with van der Waals surface area (Å²) in [6, 6.07) is 21.9. The van der Waals surface area contributed by atoms with Gasteiger partial charge in [0, 0.05) is 49.8 Å². The van der Waals surface area contributed by atoms with Crippen LogP contribution < -0.4 is 9.47 Å². The molecular formula is C36H40N6O4S. The highest BCUT2D eigenvalue weighted by atomic mass is 32.2. The van der Waals surface area contributed by atoms with E-state index in [1.807, 2.05) is 17.9 Å². The first-order chi connectivity index (χ1) is 22.9. The second-order valence-electron chi connectivity index (χ2n) is 11.9. The molecule has 11 heteroatoms. The van der Waals surface area contributed by atoms with E-state index in [1.165, 1.54) is 11.1 Å². The number of benzene rings is 3. The van der Waals surface area contributed by atoms with Gasteiger partial charge in [0.1, 0.15) is 22.6 Å². The molecular weight excluding hydrogens is 613 g/mol. The van der Waals surface area contributed by atoms with E-state index >= 15 is 0 Å². The largest absolute Gasteiger partial charge is 0.496 e. The number of nitrogens with zero attached hydrogens (tertiary/aromatic N) is 6. The lowest BCUT2D eigenvalue weighted by Crippen LogP contribution is -2.55. The third kappa shape index (κ3) is 6.90. The van der Waals surface area contributed by atoms with Crippen LogP contribution in [0, 0.1) is 6.92 Å². The lowest BCUT2D eigenvalue weighted by atomic mass is 10.1. The molecule has 1 atom stereocenters. The fourth-order valence-corrected chi connectivity index (χ4v) is 7.01. The average Bonchev–Trinajstić information content (AvgIpc) is 3.38. The Kier molecular flexibility index (Phi) is 9.91. The van der Waals surface area contributed by atoms with Crippen molar-refractivity contribution in [3.05, 3.63) is 83.4 Å². The van der Waals surface area contributed by atoms with Gasteiger partial charge in [-0.3, -0.25) is 9.59 Å². The molecule has 1 aliphatic heterocycles. The van der Waals surface area contributed by atoms with Gasteiger partial charge in [0.25, 0.3) is 5.91 Å². The van der Waals surface area contributed by atoms with Crippen molar-refractivity contribution in [1.29, 1.82) is 0 Å². The minimum atomic E-state index is -0.152. The van der Waals surface area contributed by atoms with Crippen LogP contribution >= 0.6 is 11.8 Å². The predicted molar refractivity (Wildman–Crippen MR) is 184 cm³/mol. The summed E-state index contributed by atoms with van der Waals surface area (Å²) in [5.74, 6) is 1.70. The number of carbonyl (C=O) groups excluding carboxylic acids is 2. The molecule has 2 amide bonds. The van der Waals surface area contributed by atoms with Crippen LogP contribution in [0.15, 0.2) is 71.9 Å². The number of thioether (sulfide) groups is 1. The second kappa shape index (κ2) is 14.4. The molecule has 0 N–H and O–H groups in total. The van der Waals surface area contributed by atoms with Crippen molar-refractivity contribution in [3.63, 3.8) is 0 Å². The summed E-state index contributed by atoms with van der Waals surface area (Å²) in [4.78, 5) is 35.2. The summed E-state index contributed by atoms with van der Waals surface area (Å²) >= 11 is 1.57. The Bertz CT molecular complexity index is 1870. The van der Waals surface area contributed by atoms with Gasteiger partial charge < -0.3 is 23.8 Å². The highest BCUT2D eigenvalue weighted by Gasteiger charge is 2.32. The summed E-state index contributed by atoms with van der Waals surface area (Å²) < 4.78 is 13.1. The van der Waals surface area contributed by atoms with E-state index in [-0.39, 0.29) is 17.9 Å². The normalized spacial score (nSPS) is 14.9. The molecule has 1 aliphatic rings. The van der Waals surface area contributed by atoms with Gasteiger partial charge in [0.2, 0.25) is 11.1 Å². The van der Waals surface area contributed by atoms with Crippen LogP contribution in [0.5, 0.6) is 11.5 Å². The van der Waals surface area contributed by atoms with Gasteiger partial charge in [-0.1, -0.05) is 59.8 Å². The minimum Gasteiger partial charge on any atom is -0.496 e. The van der Waals surface area contributed by atoms with E-state index in [0.717, 1.165) is 40.7 Å². The minimum absolute atomic E-state index is 0.115. The topological polar surface area (TPSA) is 103 Å². The third-order valence-electron chi connectivity index (χ3n) is 8.68. The van der Waals surface area contributed by atoms with Crippen LogP contribution in [-0.4, -0.2) is 87.0 Å². The monoisotopic (exact) mass is 652 g/mol. The molecule has 47 heavy (non-hydrogen) atoms. The fourth-order valence-electron chi connectivity index (χ4n) is 6.23. The molecule has 0 radical (unpaired) electrons. The standard InChI is InChI=1S/C36H40N6O4S/c1-24-16-17-28-27(21-24)33-34(42(28)23-26-11-6-5-7-12-26)37-36(39-38-33)47-20-9-8-15-31(43)40-18-19-41(25(2)22-40)35(44)32-29(45-3)13-10-14-30(32)46-4/h5-7,10-14,16-17,21,25H,8-9,15,18-20,22-23H2,1-4H3. The van der Waals surface area contributed by atoms with E-state index in [0.29, 0.717) is 54.8 Å². The van der Waals surface area contributed by atoms with Crippen LogP contribution in [0.2, 0.25) is 0 Å². The second-order valence-corrected chi connectivity index (χ2v) is 13.0. The number of piperazine rings is 1. The summed E-state index contributed by atoms with van der Waals surface area (Å²) in [6.07, 6.45) is 2.08. The Morgan fingerprint density at radius 2 is 1.70 bits per heavy atom. The number of hydrogen-bond acceptors (Lipinski definition) is 8. The lowest BCUT2D eigenvalue weighted by Gasteiger charge is -2.40. The first kappa shape index (κ1) is 32.3. The average molecular weight is 653 g/mol. The van der Waals surface area contributed by atoms with Crippen LogP contribution in [0.1, 0.15) is 47.7 Å². The number of aromatic nitrogens is 4. The van der Waals surface area contributed by atoms with Gasteiger partial charge >= 0.3 is 0 Å². The zero-order valence-electron chi connectivity index (χ0n) is 27.3. The molecule has 1 saturated heterocycles. The van der Waals surface area contributed by atoms with Crippen molar-refractivity contribution < 1.29 is 19.1 Å². The first-order valence-corrected chi connectivity index (χ1v) is 17.0. The van der Waals surface area contributed by atoms with Crippen molar-refractivity contribution in [2.24, 2.45) is 0 Å². The highest BCUT2D eigenvalue weighted by molar-refractivity contribution is 7.99. The van der Waals surface area contributed by atoms with Crippen LogP contribution in [0.3, 0.4) is 0 Å². The molecule has 5 aromatic rings.